The number of hydrogen-bond donors (Lipinski definition) is 0. The predicted molar refractivity (Wildman–Crippen MR) is 50.9 cm³/mol. The third-order valence-corrected chi connectivity index (χ3v) is 2.01. The molecule has 0 aromatic carbocycles. The maximum absolute atomic E-state index is 10.6. The molecule has 1 atom stereocenters. The third kappa shape index (κ3) is 2.54. The van der Waals surface area contributed by atoms with Gasteiger partial charge >= 0.3 is 0 Å². The van der Waals surface area contributed by atoms with Gasteiger partial charge in [0, 0.05) is 13.0 Å². The van der Waals surface area contributed by atoms with Crippen LogP contribution in [0.5, 0.6) is 0 Å². The molecule has 0 aromatic rings. The third-order valence-electron chi connectivity index (χ3n) is 2.01. The highest BCUT2D eigenvalue weighted by molar-refractivity contribution is 6.31. The van der Waals surface area contributed by atoms with Crippen LogP contribution in [0.25, 0.3) is 0 Å². The number of nitrogens with zero attached hydrogens (tertiary/aromatic N) is 1. The standard InChI is InChI=1S/C10H14NO2/c1-8-6-11(8)10(7-12)5-4-9(2)13-3/h4-5,7-8H,2,6H2,1,3H3/q+1. The molecule has 1 saturated heterocycles. The maximum atomic E-state index is 10.6. The largest absolute Gasteiger partial charge is 0.497 e. The van der Waals surface area contributed by atoms with E-state index in [1.54, 1.807) is 19.3 Å². The van der Waals surface area contributed by atoms with E-state index in [1.165, 1.54) is 0 Å². The molecule has 1 aliphatic rings. The quantitative estimate of drug-likeness (QED) is 0.210. The summed E-state index contributed by atoms with van der Waals surface area (Å²) in [4.78, 5) is 10.6. The summed E-state index contributed by atoms with van der Waals surface area (Å²) in [7, 11) is 1.55. The number of rotatable bonds is 4. The van der Waals surface area contributed by atoms with Gasteiger partial charge in [0.1, 0.15) is 5.76 Å². The number of allylic oxidation sites excluding steroid dienone is 2. The number of carbonyl (C=O) groups is 1. The van der Waals surface area contributed by atoms with Gasteiger partial charge in [-0.3, -0.25) is 4.79 Å². The maximum Gasteiger partial charge on any atom is 0.240 e. The minimum absolute atomic E-state index is 0.487. The molecule has 1 unspecified atom stereocenters. The second kappa shape index (κ2) is 4.03. The van der Waals surface area contributed by atoms with Gasteiger partial charge in [0.15, 0.2) is 0 Å². The van der Waals surface area contributed by atoms with Gasteiger partial charge in [-0.25, -0.2) is 4.58 Å². The normalized spacial score (nSPS) is 24.3. The van der Waals surface area contributed by atoms with Crippen LogP contribution in [0.1, 0.15) is 6.92 Å². The average Bonchev–Trinajstić information content (AvgIpc) is 2.83. The van der Waals surface area contributed by atoms with Crippen molar-refractivity contribution in [2.45, 2.75) is 13.0 Å². The van der Waals surface area contributed by atoms with E-state index in [9.17, 15) is 4.79 Å². The van der Waals surface area contributed by atoms with Gasteiger partial charge < -0.3 is 4.74 Å². The Morgan fingerprint density at radius 2 is 2.23 bits per heavy atom. The molecule has 0 amide bonds. The van der Waals surface area contributed by atoms with E-state index >= 15 is 0 Å². The molecule has 0 spiro atoms. The highest BCUT2D eigenvalue weighted by Gasteiger charge is 2.37. The molecule has 70 valence electrons. The summed E-state index contributed by atoms with van der Waals surface area (Å²) in [6.07, 6.45) is 4.26. The van der Waals surface area contributed by atoms with Crippen molar-refractivity contribution in [3.8, 4) is 0 Å². The van der Waals surface area contributed by atoms with Crippen molar-refractivity contribution in [2.24, 2.45) is 0 Å². The minimum Gasteiger partial charge on any atom is -0.497 e. The van der Waals surface area contributed by atoms with Crippen molar-refractivity contribution in [3.05, 3.63) is 24.5 Å². The van der Waals surface area contributed by atoms with Crippen LogP contribution in [0.4, 0.5) is 0 Å². The predicted octanol–water partition coefficient (Wildman–Crippen LogP) is 0.757. The van der Waals surface area contributed by atoms with E-state index in [0.717, 1.165) is 12.8 Å². The molecular weight excluding hydrogens is 166 g/mol. The zero-order chi connectivity index (χ0) is 9.84. The van der Waals surface area contributed by atoms with E-state index in [1.807, 2.05) is 4.58 Å². The van der Waals surface area contributed by atoms with E-state index in [-0.39, 0.29) is 0 Å². The van der Waals surface area contributed by atoms with Crippen molar-refractivity contribution in [1.82, 2.24) is 0 Å². The van der Waals surface area contributed by atoms with Gasteiger partial charge in [-0.05, 0) is 6.08 Å². The first kappa shape index (κ1) is 9.71. The number of carbonyl (C=O) groups excluding carboxylic acids is 1. The Bertz CT molecular complexity index is 289. The summed E-state index contributed by atoms with van der Waals surface area (Å²) in [5.41, 5.74) is 0.686. The molecule has 1 heterocycles. The Morgan fingerprint density at radius 1 is 1.62 bits per heavy atom. The first-order valence-corrected chi connectivity index (χ1v) is 4.18. The second-order valence-corrected chi connectivity index (χ2v) is 3.05. The van der Waals surface area contributed by atoms with Gasteiger partial charge in [0.2, 0.25) is 24.6 Å². The molecule has 3 heteroatoms. The van der Waals surface area contributed by atoms with E-state index in [0.29, 0.717) is 17.5 Å². The molecule has 0 radical (unpaired) electrons. The van der Waals surface area contributed by atoms with Crippen LogP contribution in [0, 0.1) is 0 Å². The number of ether oxygens (including phenoxy) is 1. The average molecular weight is 180 g/mol. The molecule has 0 N–H and O–H groups in total. The molecular formula is C10H14NO2+. The molecule has 13 heavy (non-hydrogen) atoms. The zero-order valence-electron chi connectivity index (χ0n) is 7.99. The number of hydrogen-bond acceptors (Lipinski definition) is 2. The summed E-state index contributed by atoms with van der Waals surface area (Å²) < 4.78 is 6.85. The minimum atomic E-state index is 0.487. The fourth-order valence-corrected chi connectivity index (χ4v) is 1.05. The lowest BCUT2D eigenvalue weighted by Crippen LogP contribution is -2.04. The van der Waals surface area contributed by atoms with Crippen LogP contribution < -0.4 is 0 Å². The van der Waals surface area contributed by atoms with Crippen LogP contribution in [0.3, 0.4) is 0 Å². The van der Waals surface area contributed by atoms with Crippen molar-refractivity contribution >= 4 is 12.0 Å². The zero-order valence-corrected chi connectivity index (χ0v) is 7.99. The molecule has 0 bridgehead atoms. The lowest BCUT2D eigenvalue weighted by Gasteiger charge is -1.93. The van der Waals surface area contributed by atoms with Crippen molar-refractivity contribution in [2.75, 3.05) is 13.7 Å². The molecule has 1 rings (SSSR count). The van der Waals surface area contributed by atoms with Gasteiger partial charge in [-0.1, -0.05) is 6.58 Å². The van der Waals surface area contributed by atoms with Gasteiger partial charge in [0.05, 0.1) is 7.11 Å². The molecule has 0 aromatic heterocycles. The highest BCUT2D eigenvalue weighted by Crippen LogP contribution is 2.08. The molecule has 3 nitrogen and oxygen atoms in total. The fourth-order valence-electron chi connectivity index (χ4n) is 1.05. The first-order chi connectivity index (χ1) is 6.19. The van der Waals surface area contributed by atoms with Crippen molar-refractivity contribution < 1.29 is 14.1 Å². The van der Waals surface area contributed by atoms with Crippen LogP contribution in [0.2, 0.25) is 0 Å². The summed E-state index contributed by atoms with van der Waals surface area (Å²) in [6, 6.07) is 0.487. The van der Waals surface area contributed by atoms with Gasteiger partial charge in [-0.15, -0.1) is 0 Å². The Morgan fingerprint density at radius 3 is 2.62 bits per heavy atom. The lowest BCUT2D eigenvalue weighted by molar-refractivity contribution is -0.355. The molecule has 0 saturated carbocycles. The fraction of sp³-hybridized carbons (Fsp3) is 0.400. The van der Waals surface area contributed by atoms with Crippen LogP contribution >= 0.6 is 0 Å². The Kier molecular flexibility index (Phi) is 3.01. The Hall–Kier alpha value is -1.38. The summed E-state index contributed by atoms with van der Waals surface area (Å²) in [5.74, 6) is 0.550. The first-order valence-electron chi connectivity index (χ1n) is 4.18. The van der Waals surface area contributed by atoms with E-state index < -0.39 is 0 Å². The SMILES string of the molecule is C=C(C=CC(C=O)=[N+]1CC1C)OC. The topological polar surface area (TPSA) is 29.3 Å². The Balaban J connectivity index is 2.66. The highest BCUT2D eigenvalue weighted by atomic mass is 16.5. The molecule has 1 aliphatic heterocycles. The van der Waals surface area contributed by atoms with Crippen LogP contribution in [-0.2, 0) is 9.53 Å². The molecule has 1 fully saturated rings. The van der Waals surface area contributed by atoms with Crippen LogP contribution in [-0.4, -0.2) is 36.3 Å². The van der Waals surface area contributed by atoms with Gasteiger partial charge in [-0.2, -0.15) is 0 Å². The van der Waals surface area contributed by atoms with Gasteiger partial charge in [0.25, 0.3) is 0 Å². The Labute approximate surface area is 78.0 Å². The summed E-state index contributed by atoms with van der Waals surface area (Å²) >= 11 is 0. The van der Waals surface area contributed by atoms with E-state index in [2.05, 4.69) is 13.5 Å². The number of aldehydes is 1. The number of methoxy groups -OCH3 is 1. The van der Waals surface area contributed by atoms with Crippen molar-refractivity contribution in [3.63, 3.8) is 0 Å². The van der Waals surface area contributed by atoms with E-state index in [4.69, 9.17) is 4.74 Å². The monoisotopic (exact) mass is 180 g/mol. The second-order valence-electron chi connectivity index (χ2n) is 3.05. The lowest BCUT2D eigenvalue weighted by atomic mass is 10.3. The summed E-state index contributed by atoms with van der Waals surface area (Å²) in [6.45, 7) is 6.65. The van der Waals surface area contributed by atoms with Crippen LogP contribution in [0.15, 0.2) is 24.5 Å². The molecule has 0 aliphatic carbocycles. The summed E-state index contributed by atoms with van der Waals surface area (Å²) in [5, 5.41) is 0. The smallest absolute Gasteiger partial charge is 0.240 e. The van der Waals surface area contributed by atoms with Crippen molar-refractivity contribution in [1.29, 1.82) is 0 Å².